The van der Waals surface area contributed by atoms with Crippen LogP contribution >= 0.6 is 0 Å². The molecule has 0 bridgehead atoms. The predicted octanol–water partition coefficient (Wildman–Crippen LogP) is 1.91. The van der Waals surface area contributed by atoms with Gasteiger partial charge in [-0.1, -0.05) is 13.8 Å². The first-order valence-electron chi connectivity index (χ1n) is 7.95. The number of hydrogen-bond acceptors (Lipinski definition) is 6. The van der Waals surface area contributed by atoms with Gasteiger partial charge in [0.25, 0.3) is 0 Å². The highest BCUT2D eigenvalue weighted by molar-refractivity contribution is 5.72. The molecule has 4 atom stereocenters. The molecule has 0 saturated heterocycles. The van der Waals surface area contributed by atoms with E-state index < -0.39 is 24.0 Å². The Morgan fingerprint density at radius 1 is 0.773 bits per heavy atom. The van der Waals surface area contributed by atoms with Crippen LogP contribution in [0.5, 0.6) is 0 Å². The van der Waals surface area contributed by atoms with Crippen LogP contribution in [0.25, 0.3) is 0 Å². The second-order valence-corrected chi connectivity index (χ2v) is 5.03. The molecule has 6 heteroatoms. The molecule has 6 nitrogen and oxygen atoms in total. The Bertz CT molecular complexity index is 275. The van der Waals surface area contributed by atoms with Crippen molar-refractivity contribution in [2.24, 2.45) is 11.8 Å². The van der Waals surface area contributed by atoms with Crippen molar-refractivity contribution in [1.82, 2.24) is 0 Å². The van der Waals surface area contributed by atoms with Gasteiger partial charge in [0.05, 0.1) is 37.3 Å². The standard InChI is InChI=1S/2C8H16O3/c2*1-4-7(9)6(3)8(10)11-5-2/h2*6-7,9H,4-5H2,1-3H3. The molecule has 0 aliphatic heterocycles. The van der Waals surface area contributed by atoms with Gasteiger partial charge in [0.15, 0.2) is 0 Å². The molecule has 0 aliphatic carbocycles. The predicted molar refractivity (Wildman–Crippen MR) is 84.2 cm³/mol. The maximum absolute atomic E-state index is 11.0. The minimum Gasteiger partial charge on any atom is -0.466 e. The topological polar surface area (TPSA) is 93.1 Å². The van der Waals surface area contributed by atoms with E-state index in [2.05, 4.69) is 0 Å². The molecule has 0 fully saturated rings. The highest BCUT2D eigenvalue weighted by atomic mass is 16.5. The van der Waals surface area contributed by atoms with E-state index in [9.17, 15) is 19.8 Å². The molecule has 0 aromatic heterocycles. The van der Waals surface area contributed by atoms with Gasteiger partial charge < -0.3 is 19.7 Å². The van der Waals surface area contributed by atoms with E-state index in [1.54, 1.807) is 27.7 Å². The molecule has 0 saturated carbocycles. The van der Waals surface area contributed by atoms with Crippen LogP contribution in [0.1, 0.15) is 54.4 Å². The number of aliphatic hydroxyl groups is 2. The van der Waals surface area contributed by atoms with Crippen LogP contribution in [0, 0.1) is 11.8 Å². The van der Waals surface area contributed by atoms with Crippen molar-refractivity contribution < 1.29 is 29.3 Å². The summed E-state index contributed by atoms with van der Waals surface area (Å²) in [5, 5.41) is 18.4. The Morgan fingerprint density at radius 2 is 1.05 bits per heavy atom. The zero-order chi connectivity index (χ0) is 17.7. The van der Waals surface area contributed by atoms with Gasteiger partial charge in [0, 0.05) is 0 Å². The van der Waals surface area contributed by atoms with Gasteiger partial charge in [-0.15, -0.1) is 0 Å². The first-order chi connectivity index (χ1) is 10.3. The summed E-state index contributed by atoms with van der Waals surface area (Å²) in [5.74, 6) is -1.44. The van der Waals surface area contributed by atoms with E-state index in [1.807, 2.05) is 13.8 Å². The second kappa shape index (κ2) is 13.5. The Labute approximate surface area is 133 Å². The summed E-state index contributed by atoms with van der Waals surface area (Å²) >= 11 is 0. The summed E-state index contributed by atoms with van der Waals surface area (Å²) in [6.07, 6.45) is 0.0167. The van der Waals surface area contributed by atoms with E-state index >= 15 is 0 Å². The van der Waals surface area contributed by atoms with Crippen molar-refractivity contribution in [1.29, 1.82) is 0 Å². The molecule has 0 spiro atoms. The van der Waals surface area contributed by atoms with E-state index in [4.69, 9.17) is 9.47 Å². The minimum absolute atomic E-state index is 0.318. The van der Waals surface area contributed by atoms with Gasteiger partial charge in [0.2, 0.25) is 0 Å². The molecule has 4 unspecified atom stereocenters. The number of esters is 2. The molecular formula is C16H32O6. The summed E-state index contributed by atoms with van der Waals surface area (Å²) in [7, 11) is 0. The van der Waals surface area contributed by atoms with Crippen molar-refractivity contribution in [3.63, 3.8) is 0 Å². The van der Waals surface area contributed by atoms with Crippen LogP contribution in [0.3, 0.4) is 0 Å². The zero-order valence-corrected chi connectivity index (χ0v) is 14.7. The quantitative estimate of drug-likeness (QED) is 0.664. The van der Waals surface area contributed by atoms with Crippen molar-refractivity contribution in [3.05, 3.63) is 0 Å². The second-order valence-electron chi connectivity index (χ2n) is 5.03. The van der Waals surface area contributed by atoms with Crippen LogP contribution < -0.4 is 0 Å². The fraction of sp³-hybridized carbons (Fsp3) is 0.875. The van der Waals surface area contributed by atoms with Gasteiger partial charge >= 0.3 is 11.9 Å². The van der Waals surface area contributed by atoms with Crippen LogP contribution in [0.2, 0.25) is 0 Å². The fourth-order valence-electron chi connectivity index (χ4n) is 1.57. The van der Waals surface area contributed by atoms with Crippen LogP contribution in [0.15, 0.2) is 0 Å². The molecule has 0 aromatic carbocycles. The summed E-state index contributed by atoms with van der Waals surface area (Å²) in [6, 6.07) is 0. The number of carbonyl (C=O) groups is 2. The van der Waals surface area contributed by atoms with Gasteiger partial charge in [-0.25, -0.2) is 0 Å². The Balaban J connectivity index is 0. The smallest absolute Gasteiger partial charge is 0.311 e. The molecular weight excluding hydrogens is 288 g/mol. The van der Waals surface area contributed by atoms with Crippen LogP contribution in [-0.4, -0.2) is 47.6 Å². The highest BCUT2D eigenvalue weighted by Gasteiger charge is 2.21. The van der Waals surface area contributed by atoms with Crippen LogP contribution in [0.4, 0.5) is 0 Å². The summed E-state index contributed by atoms with van der Waals surface area (Å²) < 4.78 is 9.46. The van der Waals surface area contributed by atoms with Gasteiger partial charge in [-0.2, -0.15) is 0 Å². The summed E-state index contributed by atoms with van der Waals surface area (Å²) in [4.78, 5) is 21.9. The SMILES string of the molecule is CCOC(=O)C(C)C(O)CC.CCOC(=O)C(C)C(O)CC. The zero-order valence-electron chi connectivity index (χ0n) is 14.7. The third-order valence-electron chi connectivity index (χ3n) is 3.31. The normalized spacial score (nSPS) is 15.6. The molecule has 0 aromatic rings. The number of aliphatic hydroxyl groups excluding tert-OH is 2. The average Bonchev–Trinajstić information content (AvgIpc) is 2.52. The summed E-state index contributed by atoms with van der Waals surface area (Å²) in [5.41, 5.74) is 0. The van der Waals surface area contributed by atoms with Gasteiger partial charge in [-0.3, -0.25) is 9.59 Å². The number of rotatable bonds is 8. The van der Waals surface area contributed by atoms with E-state index in [0.717, 1.165) is 0 Å². The maximum Gasteiger partial charge on any atom is 0.311 e. The Morgan fingerprint density at radius 3 is 1.23 bits per heavy atom. The number of carbonyl (C=O) groups excluding carboxylic acids is 2. The Hall–Kier alpha value is -1.14. The van der Waals surface area contributed by atoms with Crippen molar-refractivity contribution in [3.8, 4) is 0 Å². The first-order valence-corrected chi connectivity index (χ1v) is 7.95. The van der Waals surface area contributed by atoms with E-state index in [-0.39, 0.29) is 11.9 Å². The molecule has 0 radical (unpaired) electrons. The van der Waals surface area contributed by atoms with Crippen molar-refractivity contribution in [2.75, 3.05) is 13.2 Å². The molecule has 132 valence electrons. The average molecular weight is 320 g/mol. The fourth-order valence-corrected chi connectivity index (χ4v) is 1.57. The lowest BCUT2D eigenvalue weighted by Crippen LogP contribution is -2.26. The number of hydrogen-bond donors (Lipinski definition) is 2. The largest absolute Gasteiger partial charge is 0.466 e. The molecule has 0 heterocycles. The van der Waals surface area contributed by atoms with Gasteiger partial charge in [0.1, 0.15) is 0 Å². The molecule has 0 aliphatic rings. The van der Waals surface area contributed by atoms with E-state index in [1.165, 1.54) is 0 Å². The molecule has 2 N–H and O–H groups in total. The third kappa shape index (κ3) is 9.73. The lowest BCUT2D eigenvalue weighted by atomic mass is 10.0. The Kier molecular flexibility index (Phi) is 14.2. The maximum atomic E-state index is 11.0. The monoisotopic (exact) mass is 320 g/mol. The van der Waals surface area contributed by atoms with Gasteiger partial charge in [-0.05, 0) is 40.5 Å². The highest BCUT2D eigenvalue weighted by Crippen LogP contribution is 2.08. The third-order valence-corrected chi connectivity index (χ3v) is 3.31. The van der Waals surface area contributed by atoms with Crippen LogP contribution in [-0.2, 0) is 19.1 Å². The first kappa shape index (κ1) is 23.1. The lowest BCUT2D eigenvalue weighted by Gasteiger charge is -2.14. The number of ether oxygens (including phenoxy) is 2. The summed E-state index contributed by atoms with van der Waals surface area (Å²) in [6.45, 7) is 11.3. The van der Waals surface area contributed by atoms with E-state index in [0.29, 0.717) is 26.1 Å². The lowest BCUT2D eigenvalue weighted by molar-refractivity contribution is -0.152. The molecule has 0 rings (SSSR count). The molecule has 0 amide bonds. The molecule has 22 heavy (non-hydrogen) atoms. The minimum atomic E-state index is -0.575. The van der Waals surface area contributed by atoms with Crippen molar-refractivity contribution >= 4 is 11.9 Å². The van der Waals surface area contributed by atoms with Crippen molar-refractivity contribution in [2.45, 2.75) is 66.6 Å².